The molecular formula is C12H15IN2O2. The van der Waals surface area contributed by atoms with E-state index in [1.54, 1.807) is 4.90 Å². The second-order valence-electron chi connectivity index (χ2n) is 4.09. The van der Waals surface area contributed by atoms with Crippen LogP contribution in [0.4, 0.5) is 10.5 Å². The number of benzene rings is 1. The zero-order chi connectivity index (χ0) is 12.3. The highest BCUT2D eigenvalue weighted by atomic mass is 127. The van der Waals surface area contributed by atoms with Gasteiger partial charge in [-0.05, 0) is 59.7 Å². The Labute approximate surface area is 114 Å². The van der Waals surface area contributed by atoms with E-state index >= 15 is 0 Å². The second kappa shape index (κ2) is 5.68. The number of nitrogens with one attached hydrogen (secondary N) is 1. The number of hydrogen-bond acceptors (Lipinski definition) is 2. The Morgan fingerprint density at radius 1 is 1.41 bits per heavy atom. The highest BCUT2D eigenvalue weighted by Gasteiger charge is 2.32. The Kier molecular flexibility index (Phi) is 4.22. The maximum Gasteiger partial charge on any atom is 0.322 e. The zero-order valence-corrected chi connectivity index (χ0v) is 11.6. The number of urea groups is 1. The van der Waals surface area contributed by atoms with Crippen molar-refractivity contribution in [3.8, 4) is 0 Å². The van der Waals surface area contributed by atoms with E-state index in [0.717, 1.165) is 22.1 Å². The number of halogens is 1. The van der Waals surface area contributed by atoms with Crippen LogP contribution in [0.3, 0.4) is 0 Å². The zero-order valence-electron chi connectivity index (χ0n) is 9.40. The maximum absolute atomic E-state index is 12.0. The molecule has 1 aromatic rings. The van der Waals surface area contributed by atoms with Crippen molar-refractivity contribution in [2.24, 2.45) is 0 Å². The molecule has 2 rings (SSSR count). The first-order chi connectivity index (χ1) is 8.20. The molecule has 0 unspecified atom stereocenters. The molecule has 1 saturated carbocycles. The monoisotopic (exact) mass is 346 g/mol. The van der Waals surface area contributed by atoms with Gasteiger partial charge in [-0.3, -0.25) is 0 Å². The number of nitrogens with zero attached hydrogens (tertiary/aromatic N) is 1. The van der Waals surface area contributed by atoms with Gasteiger partial charge < -0.3 is 15.3 Å². The summed E-state index contributed by atoms with van der Waals surface area (Å²) >= 11 is 2.22. The number of anilines is 1. The van der Waals surface area contributed by atoms with Gasteiger partial charge in [0.25, 0.3) is 0 Å². The van der Waals surface area contributed by atoms with Gasteiger partial charge in [0.05, 0.1) is 6.61 Å². The van der Waals surface area contributed by atoms with Crippen molar-refractivity contribution >= 4 is 34.3 Å². The highest BCUT2D eigenvalue weighted by molar-refractivity contribution is 14.1. The molecule has 0 saturated heterocycles. The molecule has 0 atom stereocenters. The minimum atomic E-state index is -0.122. The molecule has 2 N–H and O–H groups in total. The molecule has 1 aromatic carbocycles. The van der Waals surface area contributed by atoms with Crippen molar-refractivity contribution in [2.45, 2.75) is 18.9 Å². The summed E-state index contributed by atoms with van der Waals surface area (Å²) in [4.78, 5) is 13.7. The van der Waals surface area contributed by atoms with E-state index in [1.807, 2.05) is 24.3 Å². The molecule has 0 heterocycles. The van der Waals surface area contributed by atoms with E-state index in [9.17, 15) is 4.79 Å². The molecule has 1 aliphatic carbocycles. The van der Waals surface area contributed by atoms with Crippen LogP contribution in [0.1, 0.15) is 12.8 Å². The van der Waals surface area contributed by atoms with Crippen molar-refractivity contribution in [3.63, 3.8) is 0 Å². The molecule has 0 radical (unpaired) electrons. The lowest BCUT2D eigenvalue weighted by atomic mass is 10.3. The first kappa shape index (κ1) is 12.6. The minimum absolute atomic E-state index is 0.0105. The van der Waals surface area contributed by atoms with Crippen LogP contribution in [0.15, 0.2) is 24.3 Å². The normalized spacial score (nSPS) is 14.5. The molecule has 5 heteroatoms. The molecule has 0 aliphatic heterocycles. The summed E-state index contributed by atoms with van der Waals surface area (Å²) in [5, 5.41) is 11.8. The fraction of sp³-hybridized carbons (Fsp3) is 0.417. The first-order valence-corrected chi connectivity index (χ1v) is 6.72. The molecule has 4 nitrogen and oxygen atoms in total. The summed E-state index contributed by atoms with van der Waals surface area (Å²) < 4.78 is 1.13. The van der Waals surface area contributed by atoms with Gasteiger partial charge in [-0.25, -0.2) is 4.79 Å². The van der Waals surface area contributed by atoms with Gasteiger partial charge in [-0.1, -0.05) is 0 Å². The Morgan fingerprint density at radius 2 is 2.06 bits per heavy atom. The number of amides is 2. The smallest absolute Gasteiger partial charge is 0.322 e. The number of hydrogen-bond donors (Lipinski definition) is 2. The first-order valence-electron chi connectivity index (χ1n) is 5.65. The SMILES string of the molecule is O=C(Nc1ccc(I)cc1)N(CCO)C1CC1. The van der Waals surface area contributed by atoms with E-state index < -0.39 is 0 Å². The van der Waals surface area contributed by atoms with Crippen LogP contribution in [0.25, 0.3) is 0 Å². The van der Waals surface area contributed by atoms with Crippen LogP contribution >= 0.6 is 22.6 Å². The van der Waals surface area contributed by atoms with Crippen molar-refractivity contribution in [3.05, 3.63) is 27.8 Å². The molecule has 2 amide bonds. The van der Waals surface area contributed by atoms with Crippen LogP contribution in [0, 0.1) is 3.57 Å². The molecule has 17 heavy (non-hydrogen) atoms. The Balaban J connectivity index is 1.96. The van der Waals surface area contributed by atoms with Gasteiger partial charge >= 0.3 is 6.03 Å². The molecule has 0 bridgehead atoms. The average molecular weight is 346 g/mol. The van der Waals surface area contributed by atoms with Gasteiger partial charge in [-0.2, -0.15) is 0 Å². The third-order valence-electron chi connectivity index (χ3n) is 2.68. The van der Waals surface area contributed by atoms with Gasteiger partial charge in [0.1, 0.15) is 0 Å². The van der Waals surface area contributed by atoms with Gasteiger partial charge in [0.15, 0.2) is 0 Å². The van der Waals surface area contributed by atoms with E-state index in [2.05, 4.69) is 27.9 Å². The predicted molar refractivity (Wildman–Crippen MR) is 75.0 cm³/mol. The van der Waals surface area contributed by atoms with Crippen LogP contribution in [-0.2, 0) is 0 Å². The van der Waals surface area contributed by atoms with Crippen molar-refractivity contribution in [2.75, 3.05) is 18.5 Å². The van der Waals surface area contributed by atoms with E-state index in [1.165, 1.54) is 0 Å². The quantitative estimate of drug-likeness (QED) is 0.822. The molecular weight excluding hydrogens is 331 g/mol. The minimum Gasteiger partial charge on any atom is -0.395 e. The lowest BCUT2D eigenvalue weighted by molar-refractivity contribution is 0.185. The standard InChI is InChI=1S/C12H15IN2O2/c13-9-1-3-10(4-2-9)14-12(17)15(7-8-16)11-5-6-11/h1-4,11,16H,5-8H2,(H,14,17). The van der Waals surface area contributed by atoms with Crippen LogP contribution < -0.4 is 5.32 Å². The average Bonchev–Trinajstić information content (AvgIpc) is 3.13. The van der Waals surface area contributed by atoms with Crippen LogP contribution in [0.2, 0.25) is 0 Å². The van der Waals surface area contributed by atoms with Crippen molar-refractivity contribution in [1.29, 1.82) is 0 Å². The van der Waals surface area contributed by atoms with Crippen LogP contribution in [0.5, 0.6) is 0 Å². The summed E-state index contributed by atoms with van der Waals surface area (Å²) in [5.74, 6) is 0. The summed E-state index contributed by atoms with van der Waals surface area (Å²) in [5.41, 5.74) is 0.791. The molecule has 1 aliphatic rings. The Hall–Kier alpha value is -0.820. The largest absolute Gasteiger partial charge is 0.395 e. The number of aliphatic hydroxyl groups excluding tert-OH is 1. The summed E-state index contributed by atoms with van der Waals surface area (Å²) in [7, 11) is 0. The molecule has 92 valence electrons. The van der Waals surface area contributed by atoms with E-state index in [4.69, 9.17) is 5.11 Å². The fourth-order valence-electron chi connectivity index (χ4n) is 1.67. The van der Waals surface area contributed by atoms with Crippen LogP contribution in [-0.4, -0.2) is 35.2 Å². The number of aliphatic hydroxyl groups is 1. The number of carbonyl (C=O) groups excluding carboxylic acids is 1. The van der Waals surface area contributed by atoms with Crippen molar-refractivity contribution < 1.29 is 9.90 Å². The third kappa shape index (κ3) is 3.57. The highest BCUT2D eigenvalue weighted by Crippen LogP contribution is 2.27. The summed E-state index contributed by atoms with van der Waals surface area (Å²) in [6.45, 7) is 0.414. The lowest BCUT2D eigenvalue weighted by Gasteiger charge is -2.21. The summed E-state index contributed by atoms with van der Waals surface area (Å²) in [6.07, 6.45) is 2.08. The molecule has 0 spiro atoms. The second-order valence-corrected chi connectivity index (χ2v) is 5.33. The number of rotatable bonds is 4. The number of carbonyl (C=O) groups is 1. The van der Waals surface area contributed by atoms with Gasteiger partial charge in [0, 0.05) is 21.8 Å². The van der Waals surface area contributed by atoms with E-state index in [-0.39, 0.29) is 12.6 Å². The molecule has 0 aromatic heterocycles. The lowest BCUT2D eigenvalue weighted by Crippen LogP contribution is -2.38. The van der Waals surface area contributed by atoms with Gasteiger partial charge in [-0.15, -0.1) is 0 Å². The predicted octanol–water partition coefficient (Wildman–Crippen LogP) is 2.28. The third-order valence-corrected chi connectivity index (χ3v) is 3.40. The fourth-order valence-corrected chi connectivity index (χ4v) is 2.03. The topological polar surface area (TPSA) is 52.6 Å². The summed E-state index contributed by atoms with van der Waals surface area (Å²) in [6, 6.07) is 7.84. The molecule has 1 fully saturated rings. The van der Waals surface area contributed by atoms with E-state index in [0.29, 0.717) is 12.6 Å². The maximum atomic E-state index is 12.0. The van der Waals surface area contributed by atoms with Crippen molar-refractivity contribution in [1.82, 2.24) is 4.90 Å². The van der Waals surface area contributed by atoms with Gasteiger partial charge in [0.2, 0.25) is 0 Å². The Bertz CT molecular complexity index is 390. The Morgan fingerprint density at radius 3 is 2.59 bits per heavy atom.